The minimum Gasteiger partial charge on any atom is -0.135 e. The molecule has 0 aromatic heterocycles. The van der Waals surface area contributed by atoms with E-state index in [0.29, 0.717) is 0 Å². The molecule has 0 unspecified atom stereocenters. The molecule has 0 atom stereocenters. The van der Waals surface area contributed by atoms with Crippen molar-refractivity contribution in [2.45, 2.75) is 58.7 Å². The molecule has 0 N–H and O–H groups in total. The van der Waals surface area contributed by atoms with Crippen molar-refractivity contribution in [1.82, 2.24) is 0 Å². The Bertz CT molecular complexity index is 362. The van der Waals surface area contributed by atoms with Gasteiger partial charge in [-0.05, 0) is 18.4 Å². The van der Waals surface area contributed by atoms with Crippen LogP contribution in [0.3, 0.4) is 0 Å². The SMILES string of the molecule is C#C.C#C[Si](C)(C)C.CCCCCCc1ccccc1. The lowest BCUT2D eigenvalue weighted by molar-refractivity contribution is 0.667. The van der Waals surface area contributed by atoms with Crippen molar-refractivity contribution in [2.75, 3.05) is 0 Å². The molecule has 0 radical (unpaired) electrons. The highest BCUT2D eigenvalue weighted by Crippen LogP contribution is 2.06. The van der Waals surface area contributed by atoms with Gasteiger partial charge in [0.2, 0.25) is 0 Å². The smallest absolute Gasteiger partial charge is 0.128 e. The summed E-state index contributed by atoms with van der Waals surface area (Å²) in [6, 6.07) is 10.7. The van der Waals surface area contributed by atoms with Gasteiger partial charge in [0.25, 0.3) is 0 Å². The highest BCUT2D eigenvalue weighted by atomic mass is 28.3. The Morgan fingerprint density at radius 1 is 0.950 bits per heavy atom. The molecular weight excluding hydrogens is 256 g/mol. The maximum atomic E-state index is 5.12. The van der Waals surface area contributed by atoms with Gasteiger partial charge in [-0.1, -0.05) is 76.2 Å². The van der Waals surface area contributed by atoms with E-state index < -0.39 is 8.07 Å². The van der Waals surface area contributed by atoms with Gasteiger partial charge in [0.15, 0.2) is 0 Å². The quantitative estimate of drug-likeness (QED) is 0.378. The van der Waals surface area contributed by atoms with Crippen molar-refractivity contribution in [3.63, 3.8) is 0 Å². The molecule has 20 heavy (non-hydrogen) atoms. The predicted octanol–water partition coefficient (Wildman–Crippen LogP) is 5.56. The van der Waals surface area contributed by atoms with Crippen LogP contribution in [0.4, 0.5) is 0 Å². The van der Waals surface area contributed by atoms with Gasteiger partial charge in [0.1, 0.15) is 8.07 Å². The molecule has 1 heteroatoms. The zero-order chi connectivity index (χ0) is 15.9. The highest BCUT2D eigenvalue weighted by molar-refractivity contribution is 6.83. The van der Waals surface area contributed by atoms with Gasteiger partial charge >= 0.3 is 0 Å². The van der Waals surface area contributed by atoms with E-state index in [9.17, 15) is 0 Å². The van der Waals surface area contributed by atoms with Gasteiger partial charge in [-0.25, -0.2) is 0 Å². The largest absolute Gasteiger partial charge is 0.135 e. The van der Waals surface area contributed by atoms with E-state index in [0.717, 1.165) is 0 Å². The Balaban J connectivity index is 0. The van der Waals surface area contributed by atoms with Crippen LogP contribution in [0.15, 0.2) is 30.3 Å². The topological polar surface area (TPSA) is 0 Å². The summed E-state index contributed by atoms with van der Waals surface area (Å²) in [6.07, 6.45) is 19.8. The van der Waals surface area contributed by atoms with Crippen molar-refractivity contribution in [1.29, 1.82) is 0 Å². The molecule has 0 saturated heterocycles. The zero-order valence-electron chi connectivity index (χ0n) is 13.7. The van der Waals surface area contributed by atoms with Crippen LogP contribution in [0.1, 0.15) is 38.2 Å². The Hall–Kier alpha value is -1.44. The number of aryl methyl sites for hydroxylation is 1. The fourth-order valence-electron chi connectivity index (χ4n) is 1.40. The van der Waals surface area contributed by atoms with Crippen molar-refractivity contribution in [3.8, 4) is 24.8 Å². The number of hydrogen-bond acceptors (Lipinski definition) is 0. The molecule has 0 spiro atoms. The second-order valence-corrected chi connectivity index (χ2v) is 10.5. The molecule has 1 aromatic rings. The summed E-state index contributed by atoms with van der Waals surface area (Å²) < 4.78 is 0. The Kier molecular flexibility index (Phi) is 14.6. The molecule has 1 rings (SSSR count). The third kappa shape index (κ3) is 16.6. The van der Waals surface area contributed by atoms with Crippen LogP contribution < -0.4 is 0 Å². The second-order valence-electron chi connectivity index (χ2n) is 5.69. The lowest BCUT2D eigenvalue weighted by atomic mass is 10.1. The van der Waals surface area contributed by atoms with Crippen LogP contribution in [-0.4, -0.2) is 8.07 Å². The molecule has 110 valence electrons. The normalized spacial score (nSPS) is 9.25. The summed E-state index contributed by atoms with van der Waals surface area (Å²) in [5.41, 5.74) is 4.22. The van der Waals surface area contributed by atoms with Crippen LogP contribution in [0, 0.1) is 24.8 Å². The van der Waals surface area contributed by atoms with Crippen LogP contribution in [0.5, 0.6) is 0 Å². The minimum absolute atomic E-state index is 1.10. The lowest BCUT2D eigenvalue weighted by Crippen LogP contribution is -2.15. The number of unbranched alkanes of at least 4 members (excludes halogenated alkanes) is 3. The molecule has 0 amide bonds. The zero-order valence-corrected chi connectivity index (χ0v) is 14.7. The van der Waals surface area contributed by atoms with Crippen LogP contribution in [-0.2, 0) is 6.42 Å². The Morgan fingerprint density at radius 3 is 1.85 bits per heavy atom. The van der Waals surface area contributed by atoms with Gasteiger partial charge in [0, 0.05) is 0 Å². The summed E-state index contributed by atoms with van der Waals surface area (Å²) in [4.78, 5) is 0. The van der Waals surface area contributed by atoms with E-state index in [1.807, 2.05) is 0 Å². The summed E-state index contributed by atoms with van der Waals surface area (Å²) in [5.74, 6) is 0. The fourth-order valence-corrected chi connectivity index (χ4v) is 1.40. The van der Waals surface area contributed by atoms with E-state index in [-0.39, 0.29) is 0 Å². The molecule has 0 bridgehead atoms. The molecular formula is C19H30Si. The van der Waals surface area contributed by atoms with Gasteiger partial charge in [-0.2, -0.15) is 0 Å². The first-order valence-electron chi connectivity index (χ1n) is 7.34. The standard InChI is InChI=1S/C12H18.C5H10Si.C2H2/c1-2-3-4-6-9-12-10-7-5-8-11-12;1-5-6(2,3)4;1-2/h5,7-8,10-11H,2-4,6,9H2,1H3;1H,2-4H3;1-2H. The molecule has 0 aliphatic heterocycles. The maximum absolute atomic E-state index is 5.12. The predicted molar refractivity (Wildman–Crippen MR) is 96.4 cm³/mol. The van der Waals surface area contributed by atoms with E-state index in [4.69, 9.17) is 6.42 Å². The third-order valence-corrected chi connectivity index (χ3v) is 3.46. The first kappa shape index (κ1) is 20.9. The Labute approximate surface area is 128 Å². The molecule has 0 aliphatic carbocycles. The van der Waals surface area contributed by atoms with Gasteiger partial charge in [-0.3, -0.25) is 0 Å². The van der Waals surface area contributed by atoms with Crippen LogP contribution in [0.25, 0.3) is 0 Å². The first-order valence-corrected chi connectivity index (χ1v) is 10.8. The minimum atomic E-state index is -1.10. The summed E-state index contributed by atoms with van der Waals surface area (Å²) in [7, 11) is -1.10. The van der Waals surface area contributed by atoms with Crippen molar-refractivity contribution < 1.29 is 0 Å². The first-order chi connectivity index (χ1) is 9.49. The molecule has 0 saturated carbocycles. The van der Waals surface area contributed by atoms with Crippen LogP contribution >= 0.6 is 0 Å². The second kappa shape index (κ2) is 14.0. The average molecular weight is 287 g/mol. The van der Waals surface area contributed by atoms with E-state index in [2.05, 4.69) is 75.3 Å². The van der Waals surface area contributed by atoms with E-state index in [1.165, 1.54) is 37.7 Å². The highest BCUT2D eigenvalue weighted by Gasteiger charge is 2.05. The van der Waals surface area contributed by atoms with E-state index in [1.54, 1.807) is 0 Å². The van der Waals surface area contributed by atoms with Crippen LogP contribution in [0.2, 0.25) is 19.6 Å². The van der Waals surface area contributed by atoms with Gasteiger partial charge in [0.05, 0.1) is 0 Å². The lowest BCUT2D eigenvalue weighted by Gasteiger charge is -2.00. The van der Waals surface area contributed by atoms with Crippen molar-refractivity contribution >= 4 is 8.07 Å². The number of hydrogen-bond donors (Lipinski definition) is 0. The van der Waals surface area contributed by atoms with Gasteiger partial charge in [-0.15, -0.1) is 24.8 Å². The molecule has 0 aliphatic rings. The summed E-state index contributed by atoms with van der Waals surface area (Å²) >= 11 is 0. The third-order valence-electron chi connectivity index (χ3n) is 2.59. The number of benzene rings is 1. The van der Waals surface area contributed by atoms with Crippen molar-refractivity contribution in [3.05, 3.63) is 35.9 Å². The molecule has 0 fully saturated rings. The molecule has 0 nitrogen and oxygen atoms in total. The Morgan fingerprint density at radius 2 is 1.45 bits per heavy atom. The monoisotopic (exact) mass is 286 g/mol. The molecule has 0 heterocycles. The number of rotatable bonds is 5. The molecule has 1 aromatic carbocycles. The summed E-state index contributed by atoms with van der Waals surface area (Å²) in [6.45, 7) is 8.69. The van der Waals surface area contributed by atoms with Gasteiger partial charge < -0.3 is 0 Å². The maximum Gasteiger partial charge on any atom is 0.128 e. The fraction of sp³-hybridized carbons (Fsp3) is 0.474. The summed E-state index contributed by atoms with van der Waals surface area (Å²) in [5, 5.41) is 0. The van der Waals surface area contributed by atoms with Crippen molar-refractivity contribution in [2.24, 2.45) is 0 Å². The van der Waals surface area contributed by atoms with E-state index >= 15 is 0 Å². The number of terminal acetylenes is 2. The average Bonchev–Trinajstić information content (AvgIpc) is 2.47.